The Morgan fingerprint density at radius 2 is 1.30 bits per heavy atom. The van der Waals surface area contributed by atoms with Crippen LogP contribution in [0.5, 0.6) is 0 Å². The smallest absolute Gasteiger partial charge is 0.456 e. The molecule has 5 heteroatoms. The standard InChI is InChI=1S/C32H31BO3Si/c1-31(2)32(3,4)36-33(35-31)21-18-25(30-26(19-21)24-12-8-10-14-29(24)37(30,5)6)20-15-16-23-22-11-7-9-13-27(22)34-28(23)17-20/h7-19H,1-6H3. The Hall–Kier alpha value is -3.12. The number of fused-ring (bicyclic) bond motifs is 6. The van der Waals surface area contributed by atoms with E-state index < -0.39 is 26.4 Å². The molecule has 7 rings (SSSR count). The van der Waals surface area contributed by atoms with Gasteiger partial charge in [0, 0.05) is 10.8 Å². The number of benzene rings is 4. The third-order valence-electron chi connectivity index (χ3n) is 8.89. The summed E-state index contributed by atoms with van der Waals surface area (Å²) >= 11 is 0. The van der Waals surface area contributed by atoms with Crippen molar-refractivity contribution >= 4 is 53.0 Å². The van der Waals surface area contributed by atoms with Crippen molar-refractivity contribution in [1.82, 2.24) is 0 Å². The molecule has 0 radical (unpaired) electrons. The van der Waals surface area contributed by atoms with Gasteiger partial charge in [-0.1, -0.05) is 73.8 Å². The van der Waals surface area contributed by atoms with E-state index in [-0.39, 0.29) is 0 Å². The quantitative estimate of drug-likeness (QED) is 0.264. The fraction of sp³-hybridized carbons (Fsp3) is 0.250. The molecule has 2 aliphatic rings. The Bertz CT molecular complexity index is 1710. The highest BCUT2D eigenvalue weighted by Gasteiger charge is 2.52. The van der Waals surface area contributed by atoms with Crippen molar-refractivity contribution in [2.24, 2.45) is 0 Å². The van der Waals surface area contributed by atoms with Gasteiger partial charge in [-0.2, -0.15) is 0 Å². The summed E-state index contributed by atoms with van der Waals surface area (Å²) in [6.45, 7) is 13.4. The molecule has 0 aliphatic carbocycles. The number of para-hydroxylation sites is 1. The van der Waals surface area contributed by atoms with Gasteiger partial charge in [-0.3, -0.25) is 0 Å². The summed E-state index contributed by atoms with van der Waals surface area (Å²) in [5, 5.41) is 5.27. The number of hydrogen-bond acceptors (Lipinski definition) is 3. The number of hydrogen-bond donors (Lipinski definition) is 0. The van der Waals surface area contributed by atoms with Gasteiger partial charge in [-0.25, -0.2) is 0 Å². The highest BCUT2D eigenvalue weighted by atomic mass is 28.3. The molecule has 0 saturated carbocycles. The predicted molar refractivity (Wildman–Crippen MR) is 157 cm³/mol. The maximum absolute atomic E-state index is 6.52. The molecule has 1 saturated heterocycles. The fourth-order valence-corrected chi connectivity index (χ4v) is 9.63. The lowest BCUT2D eigenvalue weighted by Gasteiger charge is -2.32. The third-order valence-corrected chi connectivity index (χ3v) is 12.5. The lowest BCUT2D eigenvalue weighted by molar-refractivity contribution is 0.00578. The first-order valence-corrected chi connectivity index (χ1v) is 16.1. The summed E-state index contributed by atoms with van der Waals surface area (Å²) < 4.78 is 19.3. The van der Waals surface area contributed by atoms with Crippen molar-refractivity contribution in [3.05, 3.63) is 78.9 Å². The Morgan fingerprint density at radius 1 is 0.649 bits per heavy atom. The molecule has 4 aromatic carbocycles. The number of furan rings is 1. The fourth-order valence-electron chi connectivity index (χ4n) is 6.18. The van der Waals surface area contributed by atoms with Gasteiger partial charge in [0.25, 0.3) is 0 Å². The van der Waals surface area contributed by atoms with E-state index in [4.69, 9.17) is 13.7 Å². The van der Waals surface area contributed by atoms with Crippen LogP contribution >= 0.6 is 0 Å². The Kier molecular flexibility index (Phi) is 4.65. The molecule has 0 unspecified atom stereocenters. The topological polar surface area (TPSA) is 31.6 Å². The monoisotopic (exact) mass is 502 g/mol. The van der Waals surface area contributed by atoms with E-state index in [1.54, 1.807) is 0 Å². The SMILES string of the molecule is CC1(C)OB(c2cc(-c3ccc4c(c3)oc3ccccc34)c3c(c2)-c2ccccc2[Si]3(C)C)OC1(C)C. The highest BCUT2D eigenvalue weighted by molar-refractivity contribution is 7.04. The molecule has 1 fully saturated rings. The molecular formula is C32H31BO3Si. The second kappa shape index (κ2) is 7.47. The normalized spacial score (nSPS) is 18.9. The molecule has 0 amide bonds. The van der Waals surface area contributed by atoms with Crippen LogP contribution in [0.15, 0.2) is 83.3 Å². The summed E-state index contributed by atoms with van der Waals surface area (Å²) in [5.74, 6) is 0. The summed E-state index contributed by atoms with van der Waals surface area (Å²) in [7, 11) is -2.35. The van der Waals surface area contributed by atoms with Crippen molar-refractivity contribution in [1.29, 1.82) is 0 Å². The summed E-state index contributed by atoms with van der Waals surface area (Å²) in [4.78, 5) is 0. The van der Waals surface area contributed by atoms with Gasteiger partial charge in [0.1, 0.15) is 19.2 Å². The van der Waals surface area contributed by atoms with Gasteiger partial charge >= 0.3 is 7.12 Å². The average Bonchev–Trinajstić information content (AvgIpc) is 3.43. The second-order valence-corrected chi connectivity index (χ2v) is 16.3. The minimum Gasteiger partial charge on any atom is -0.456 e. The molecule has 0 N–H and O–H groups in total. The highest BCUT2D eigenvalue weighted by Crippen LogP contribution is 2.39. The van der Waals surface area contributed by atoms with Gasteiger partial charge in [-0.15, -0.1) is 0 Å². The minimum atomic E-state index is -1.94. The van der Waals surface area contributed by atoms with E-state index in [1.165, 1.54) is 32.6 Å². The lowest BCUT2D eigenvalue weighted by atomic mass is 9.76. The van der Waals surface area contributed by atoms with Crippen LogP contribution in [0.25, 0.3) is 44.2 Å². The van der Waals surface area contributed by atoms with Crippen LogP contribution in [0, 0.1) is 0 Å². The van der Waals surface area contributed by atoms with Crippen LogP contribution in [-0.2, 0) is 9.31 Å². The van der Waals surface area contributed by atoms with Crippen molar-refractivity contribution in [2.75, 3.05) is 0 Å². The van der Waals surface area contributed by atoms with Crippen LogP contribution in [0.4, 0.5) is 0 Å². The Morgan fingerprint density at radius 3 is 2.08 bits per heavy atom. The van der Waals surface area contributed by atoms with Crippen LogP contribution in [0.3, 0.4) is 0 Å². The van der Waals surface area contributed by atoms with Gasteiger partial charge < -0.3 is 13.7 Å². The largest absolute Gasteiger partial charge is 0.494 e. The van der Waals surface area contributed by atoms with Crippen molar-refractivity contribution in [2.45, 2.75) is 52.0 Å². The van der Waals surface area contributed by atoms with E-state index in [2.05, 4.69) is 108 Å². The maximum atomic E-state index is 6.52. The van der Waals surface area contributed by atoms with Gasteiger partial charge in [0.05, 0.1) is 11.2 Å². The summed E-state index contributed by atoms with van der Waals surface area (Å²) in [6, 6.07) is 28.5. The van der Waals surface area contributed by atoms with E-state index in [1.807, 2.05) is 12.1 Å². The summed E-state index contributed by atoms with van der Waals surface area (Å²) in [5.41, 5.74) is 7.23. The van der Waals surface area contributed by atoms with E-state index in [9.17, 15) is 0 Å². The van der Waals surface area contributed by atoms with Crippen molar-refractivity contribution in [3.8, 4) is 22.3 Å². The molecule has 1 aromatic heterocycles. The summed E-state index contributed by atoms with van der Waals surface area (Å²) in [6.07, 6.45) is 0. The van der Waals surface area contributed by atoms with Gasteiger partial charge in [-0.05, 0) is 84.0 Å². The third kappa shape index (κ3) is 3.21. The molecule has 0 bridgehead atoms. The maximum Gasteiger partial charge on any atom is 0.494 e. The van der Waals surface area contributed by atoms with Crippen LogP contribution in [-0.4, -0.2) is 26.4 Å². The zero-order chi connectivity index (χ0) is 25.7. The molecule has 184 valence electrons. The van der Waals surface area contributed by atoms with E-state index in [0.717, 1.165) is 27.4 Å². The molecule has 0 spiro atoms. The van der Waals surface area contributed by atoms with E-state index in [0.29, 0.717) is 0 Å². The molecule has 37 heavy (non-hydrogen) atoms. The van der Waals surface area contributed by atoms with Gasteiger partial charge in [0.2, 0.25) is 0 Å². The van der Waals surface area contributed by atoms with Crippen LogP contribution < -0.4 is 15.8 Å². The number of rotatable bonds is 2. The molecule has 3 heterocycles. The minimum absolute atomic E-state index is 0.393. The van der Waals surface area contributed by atoms with Crippen LogP contribution in [0.1, 0.15) is 27.7 Å². The molecule has 5 aromatic rings. The molecule has 2 aliphatic heterocycles. The predicted octanol–water partition coefficient (Wildman–Crippen LogP) is 6.36. The first-order chi connectivity index (χ1) is 17.6. The van der Waals surface area contributed by atoms with Crippen molar-refractivity contribution < 1.29 is 13.7 Å². The zero-order valence-corrected chi connectivity index (χ0v) is 23.3. The first kappa shape index (κ1) is 23.0. The zero-order valence-electron chi connectivity index (χ0n) is 22.3. The Balaban J connectivity index is 1.48. The van der Waals surface area contributed by atoms with Crippen molar-refractivity contribution in [3.63, 3.8) is 0 Å². The second-order valence-electron chi connectivity index (χ2n) is 12.1. The molecular weight excluding hydrogens is 471 g/mol. The average molecular weight is 502 g/mol. The molecule has 0 atom stereocenters. The lowest BCUT2D eigenvalue weighted by Crippen LogP contribution is -2.50. The first-order valence-electron chi connectivity index (χ1n) is 13.1. The Labute approximate surface area is 219 Å². The van der Waals surface area contributed by atoms with Gasteiger partial charge in [0.15, 0.2) is 0 Å². The van der Waals surface area contributed by atoms with E-state index >= 15 is 0 Å². The van der Waals surface area contributed by atoms with Crippen LogP contribution in [0.2, 0.25) is 13.1 Å². The molecule has 3 nitrogen and oxygen atoms in total.